The molecule has 1 aliphatic carbocycles. The highest BCUT2D eigenvalue weighted by Gasteiger charge is 2.37. The standard InChI is InChI=1S/C17H23N5O2/c1-3-22(12-17(24)6-4-7-17)16(23)20-15-9-13(5-8-18-15)14-10-19-21(2)11-14/h5,8-11,24H,3-4,6-7,12H2,1-2H3,(H,18,20,23). The normalized spacial score (nSPS) is 15.6. The van der Waals surface area contributed by atoms with Gasteiger partial charge in [-0.3, -0.25) is 10.00 Å². The first-order valence-electron chi connectivity index (χ1n) is 8.22. The van der Waals surface area contributed by atoms with Crippen LogP contribution in [0.4, 0.5) is 10.6 Å². The van der Waals surface area contributed by atoms with Gasteiger partial charge in [-0.15, -0.1) is 0 Å². The van der Waals surface area contributed by atoms with Gasteiger partial charge in [0.2, 0.25) is 0 Å². The number of carbonyl (C=O) groups is 1. The van der Waals surface area contributed by atoms with Crippen LogP contribution < -0.4 is 5.32 Å². The summed E-state index contributed by atoms with van der Waals surface area (Å²) >= 11 is 0. The molecule has 0 aliphatic heterocycles. The number of carbonyl (C=O) groups excluding carboxylic acids is 1. The second-order valence-corrected chi connectivity index (χ2v) is 6.35. The fourth-order valence-electron chi connectivity index (χ4n) is 2.86. The van der Waals surface area contributed by atoms with Crippen LogP contribution in [0.2, 0.25) is 0 Å². The Bertz CT molecular complexity index is 723. The third kappa shape index (κ3) is 3.56. The predicted octanol–water partition coefficient (Wildman–Crippen LogP) is 2.25. The van der Waals surface area contributed by atoms with Crippen molar-refractivity contribution in [1.82, 2.24) is 19.7 Å². The van der Waals surface area contributed by atoms with Crippen LogP contribution in [0.5, 0.6) is 0 Å². The molecule has 24 heavy (non-hydrogen) atoms. The number of aryl methyl sites for hydroxylation is 1. The number of nitrogens with zero attached hydrogens (tertiary/aromatic N) is 4. The van der Waals surface area contributed by atoms with E-state index < -0.39 is 5.60 Å². The van der Waals surface area contributed by atoms with Crippen molar-refractivity contribution in [2.75, 3.05) is 18.4 Å². The highest BCUT2D eigenvalue weighted by Crippen LogP contribution is 2.32. The average Bonchev–Trinajstić information content (AvgIpc) is 2.97. The SMILES string of the molecule is CCN(CC1(O)CCC1)C(=O)Nc1cc(-c2cnn(C)c2)ccn1. The number of amides is 2. The summed E-state index contributed by atoms with van der Waals surface area (Å²) < 4.78 is 1.73. The molecule has 7 heteroatoms. The van der Waals surface area contributed by atoms with Gasteiger partial charge in [-0.1, -0.05) is 0 Å². The molecule has 0 bridgehead atoms. The molecule has 2 aromatic rings. The van der Waals surface area contributed by atoms with E-state index in [1.165, 1.54) is 0 Å². The molecule has 0 saturated heterocycles. The largest absolute Gasteiger partial charge is 0.388 e. The van der Waals surface area contributed by atoms with Gasteiger partial charge in [0.25, 0.3) is 0 Å². The molecule has 2 amide bonds. The number of nitrogens with one attached hydrogen (secondary N) is 1. The second-order valence-electron chi connectivity index (χ2n) is 6.35. The molecule has 128 valence electrons. The number of urea groups is 1. The smallest absolute Gasteiger partial charge is 0.323 e. The molecule has 1 saturated carbocycles. The fourth-order valence-corrected chi connectivity index (χ4v) is 2.86. The molecule has 0 unspecified atom stereocenters. The lowest BCUT2D eigenvalue weighted by Gasteiger charge is -2.40. The summed E-state index contributed by atoms with van der Waals surface area (Å²) in [7, 11) is 1.86. The second kappa shape index (κ2) is 6.60. The number of aliphatic hydroxyl groups is 1. The van der Waals surface area contributed by atoms with E-state index in [-0.39, 0.29) is 6.03 Å². The zero-order valence-corrected chi connectivity index (χ0v) is 14.1. The van der Waals surface area contributed by atoms with Crippen molar-refractivity contribution in [2.45, 2.75) is 31.8 Å². The fraction of sp³-hybridized carbons (Fsp3) is 0.471. The number of pyridine rings is 1. The summed E-state index contributed by atoms with van der Waals surface area (Å²) in [5.41, 5.74) is 1.18. The summed E-state index contributed by atoms with van der Waals surface area (Å²) in [6, 6.07) is 3.45. The molecule has 0 spiro atoms. The van der Waals surface area contributed by atoms with Gasteiger partial charge in [-0.05, 0) is 43.9 Å². The topological polar surface area (TPSA) is 83.3 Å². The molecule has 2 N–H and O–H groups in total. The minimum atomic E-state index is -0.724. The Kier molecular flexibility index (Phi) is 4.53. The predicted molar refractivity (Wildman–Crippen MR) is 91.5 cm³/mol. The van der Waals surface area contributed by atoms with E-state index >= 15 is 0 Å². The van der Waals surface area contributed by atoms with Crippen LogP contribution in [0.25, 0.3) is 11.1 Å². The highest BCUT2D eigenvalue weighted by molar-refractivity contribution is 5.89. The maximum Gasteiger partial charge on any atom is 0.323 e. The van der Waals surface area contributed by atoms with E-state index in [4.69, 9.17) is 0 Å². The quantitative estimate of drug-likeness (QED) is 0.881. The maximum atomic E-state index is 12.5. The lowest BCUT2D eigenvalue weighted by Crippen LogP contribution is -2.50. The van der Waals surface area contributed by atoms with Crippen LogP contribution in [0.3, 0.4) is 0 Å². The zero-order valence-electron chi connectivity index (χ0n) is 14.1. The molecule has 2 heterocycles. The summed E-state index contributed by atoms with van der Waals surface area (Å²) in [6.45, 7) is 2.80. The summed E-state index contributed by atoms with van der Waals surface area (Å²) in [4.78, 5) is 18.3. The minimum absolute atomic E-state index is 0.242. The van der Waals surface area contributed by atoms with Gasteiger partial charge in [0, 0.05) is 31.5 Å². The van der Waals surface area contributed by atoms with Crippen LogP contribution in [-0.2, 0) is 7.05 Å². The van der Waals surface area contributed by atoms with E-state index in [1.54, 1.807) is 22.0 Å². The molecule has 0 aromatic carbocycles. The van der Waals surface area contributed by atoms with Crippen LogP contribution in [0.1, 0.15) is 26.2 Å². The number of likely N-dealkylation sites (N-methyl/N-ethyl adjacent to an activating group) is 1. The first-order chi connectivity index (χ1) is 11.5. The van der Waals surface area contributed by atoms with Crippen LogP contribution in [-0.4, -0.2) is 49.5 Å². The van der Waals surface area contributed by atoms with Gasteiger partial charge >= 0.3 is 6.03 Å². The highest BCUT2D eigenvalue weighted by atomic mass is 16.3. The average molecular weight is 329 g/mol. The molecule has 2 aromatic heterocycles. The van der Waals surface area contributed by atoms with E-state index in [0.717, 1.165) is 30.4 Å². The van der Waals surface area contributed by atoms with Crippen molar-refractivity contribution in [3.05, 3.63) is 30.7 Å². The first kappa shape index (κ1) is 16.4. The number of anilines is 1. The molecule has 3 rings (SSSR count). The van der Waals surface area contributed by atoms with Crippen LogP contribution in [0, 0.1) is 0 Å². The van der Waals surface area contributed by atoms with E-state index in [9.17, 15) is 9.90 Å². The molecule has 7 nitrogen and oxygen atoms in total. The number of hydrogen-bond acceptors (Lipinski definition) is 4. The summed E-state index contributed by atoms with van der Waals surface area (Å²) in [6.07, 6.45) is 7.87. The third-order valence-electron chi connectivity index (χ3n) is 4.47. The summed E-state index contributed by atoms with van der Waals surface area (Å²) in [5, 5.41) is 17.2. The van der Waals surface area contributed by atoms with Crippen LogP contribution in [0.15, 0.2) is 30.7 Å². The molecular formula is C17H23N5O2. The molecule has 0 atom stereocenters. The van der Waals surface area contributed by atoms with Gasteiger partial charge < -0.3 is 10.0 Å². The Morgan fingerprint density at radius 1 is 1.46 bits per heavy atom. The van der Waals surface area contributed by atoms with Crippen molar-refractivity contribution in [3.63, 3.8) is 0 Å². The van der Waals surface area contributed by atoms with Crippen molar-refractivity contribution < 1.29 is 9.90 Å². The van der Waals surface area contributed by atoms with E-state index in [2.05, 4.69) is 15.4 Å². The monoisotopic (exact) mass is 329 g/mol. The van der Waals surface area contributed by atoms with Crippen molar-refractivity contribution >= 4 is 11.8 Å². The Balaban J connectivity index is 1.69. The Labute approximate surface area is 141 Å². The zero-order chi connectivity index (χ0) is 17.2. The minimum Gasteiger partial charge on any atom is -0.388 e. The molecular weight excluding hydrogens is 306 g/mol. The molecule has 1 fully saturated rings. The van der Waals surface area contributed by atoms with Gasteiger partial charge in [0.15, 0.2) is 0 Å². The number of aromatic nitrogens is 3. The molecule has 1 aliphatic rings. The third-order valence-corrected chi connectivity index (χ3v) is 4.47. The lowest BCUT2D eigenvalue weighted by molar-refractivity contribution is -0.0495. The van der Waals surface area contributed by atoms with Gasteiger partial charge in [-0.2, -0.15) is 5.10 Å². The summed E-state index contributed by atoms with van der Waals surface area (Å²) in [5.74, 6) is 0.486. The van der Waals surface area contributed by atoms with Gasteiger partial charge in [0.1, 0.15) is 5.82 Å². The van der Waals surface area contributed by atoms with E-state index in [0.29, 0.717) is 18.9 Å². The maximum absolute atomic E-state index is 12.5. The van der Waals surface area contributed by atoms with Gasteiger partial charge in [0.05, 0.1) is 18.3 Å². The Morgan fingerprint density at radius 3 is 2.83 bits per heavy atom. The van der Waals surface area contributed by atoms with Crippen molar-refractivity contribution in [2.24, 2.45) is 7.05 Å². The van der Waals surface area contributed by atoms with E-state index in [1.807, 2.05) is 32.3 Å². The lowest BCUT2D eigenvalue weighted by atomic mass is 9.80. The first-order valence-corrected chi connectivity index (χ1v) is 8.22. The number of rotatable bonds is 5. The van der Waals surface area contributed by atoms with Gasteiger partial charge in [-0.25, -0.2) is 9.78 Å². The Morgan fingerprint density at radius 2 is 2.25 bits per heavy atom. The Hall–Kier alpha value is -2.41. The number of hydrogen-bond donors (Lipinski definition) is 2. The van der Waals surface area contributed by atoms with Crippen molar-refractivity contribution in [1.29, 1.82) is 0 Å². The van der Waals surface area contributed by atoms with Crippen molar-refractivity contribution in [3.8, 4) is 11.1 Å². The van der Waals surface area contributed by atoms with Crippen LogP contribution >= 0.6 is 0 Å². The molecule has 0 radical (unpaired) electrons.